The number of nitrogens with one attached hydrogen (secondary N) is 1. The number of pyridine rings is 1. The van der Waals surface area contributed by atoms with Gasteiger partial charge in [-0.1, -0.05) is 12.1 Å². The van der Waals surface area contributed by atoms with Crippen LogP contribution in [0, 0.1) is 0 Å². The van der Waals surface area contributed by atoms with Crippen LogP contribution in [0.5, 0.6) is 0 Å². The van der Waals surface area contributed by atoms with E-state index in [1.54, 1.807) is 17.6 Å². The predicted molar refractivity (Wildman–Crippen MR) is 94.6 cm³/mol. The van der Waals surface area contributed by atoms with Gasteiger partial charge in [0, 0.05) is 42.5 Å². The van der Waals surface area contributed by atoms with Crippen molar-refractivity contribution in [2.45, 2.75) is 19.5 Å². The number of carbonyl (C=O) groups is 1. The number of hydroxylamine groups is 1. The van der Waals surface area contributed by atoms with Gasteiger partial charge in [-0.25, -0.2) is 10.5 Å². The third-order valence-electron chi connectivity index (χ3n) is 4.87. The number of fused-ring (bicyclic) bond motifs is 3. The van der Waals surface area contributed by atoms with Crippen LogP contribution in [-0.2, 0) is 19.5 Å². The van der Waals surface area contributed by atoms with Crippen molar-refractivity contribution in [2.24, 2.45) is 0 Å². The molecule has 1 aliphatic rings. The Labute approximate surface area is 145 Å². The molecular weight excluding hydrogens is 316 g/mol. The van der Waals surface area contributed by atoms with Crippen molar-refractivity contribution < 1.29 is 10.0 Å². The van der Waals surface area contributed by atoms with Gasteiger partial charge < -0.3 is 4.57 Å². The van der Waals surface area contributed by atoms with Gasteiger partial charge in [0.05, 0.1) is 0 Å². The first-order valence-electron chi connectivity index (χ1n) is 8.34. The van der Waals surface area contributed by atoms with E-state index in [0.29, 0.717) is 5.56 Å². The smallest absolute Gasteiger partial charge is 0.274 e. The highest BCUT2D eigenvalue weighted by Crippen LogP contribution is 2.30. The molecule has 0 aliphatic carbocycles. The number of carbonyl (C=O) groups excluding carboxylic acids is 1. The second-order valence-corrected chi connectivity index (χ2v) is 6.50. The van der Waals surface area contributed by atoms with E-state index in [-0.39, 0.29) is 0 Å². The molecule has 0 saturated carbocycles. The van der Waals surface area contributed by atoms with Crippen molar-refractivity contribution in [1.82, 2.24) is 19.9 Å². The molecule has 25 heavy (non-hydrogen) atoms. The van der Waals surface area contributed by atoms with Gasteiger partial charge >= 0.3 is 0 Å². The molecule has 1 aliphatic heterocycles. The van der Waals surface area contributed by atoms with Crippen molar-refractivity contribution in [3.05, 3.63) is 65.0 Å². The molecule has 0 saturated heterocycles. The van der Waals surface area contributed by atoms with Crippen LogP contribution in [0.1, 0.15) is 27.2 Å². The van der Waals surface area contributed by atoms with Crippen LogP contribution >= 0.6 is 0 Å². The zero-order chi connectivity index (χ0) is 17.4. The lowest BCUT2D eigenvalue weighted by Gasteiger charge is -2.25. The molecule has 6 nitrogen and oxygen atoms in total. The Morgan fingerprint density at radius 3 is 2.80 bits per heavy atom. The summed E-state index contributed by atoms with van der Waals surface area (Å²) >= 11 is 0. The summed E-state index contributed by atoms with van der Waals surface area (Å²) in [6.45, 7) is 2.89. The third-order valence-corrected chi connectivity index (χ3v) is 4.87. The molecule has 0 unspecified atom stereocenters. The SMILES string of the molecule is CN1CCn2c(c(Cc3ccc(C(=O)NO)cc3)c3cccnc32)C1. The van der Waals surface area contributed by atoms with Crippen LogP contribution in [0.4, 0.5) is 0 Å². The molecule has 0 spiro atoms. The Morgan fingerprint density at radius 1 is 1.24 bits per heavy atom. The van der Waals surface area contributed by atoms with Crippen LogP contribution in [0.3, 0.4) is 0 Å². The lowest BCUT2D eigenvalue weighted by Crippen LogP contribution is -2.30. The van der Waals surface area contributed by atoms with E-state index in [1.165, 1.54) is 16.6 Å². The van der Waals surface area contributed by atoms with Gasteiger partial charge in [-0.2, -0.15) is 0 Å². The molecule has 0 fully saturated rings. The van der Waals surface area contributed by atoms with Crippen molar-refractivity contribution in [2.75, 3.05) is 13.6 Å². The van der Waals surface area contributed by atoms with Crippen LogP contribution in [-0.4, -0.2) is 39.2 Å². The molecule has 2 aromatic heterocycles. The maximum Gasteiger partial charge on any atom is 0.274 e. The number of benzene rings is 1. The Kier molecular flexibility index (Phi) is 3.99. The fourth-order valence-electron chi connectivity index (χ4n) is 3.56. The molecule has 128 valence electrons. The van der Waals surface area contributed by atoms with Crippen LogP contribution in [0.15, 0.2) is 42.6 Å². The van der Waals surface area contributed by atoms with Crippen molar-refractivity contribution >= 4 is 16.9 Å². The number of hydrogen-bond acceptors (Lipinski definition) is 4. The fourth-order valence-corrected chi connectivity index (χ4v) is 3.56. The molecule has 6 heteroatoms. The first kappa shape index (κ1) is 15.8. The summed E-state index contributed by atoms with van der Waals surface area (Å²) in [7, 11) is 2.14. The summed E-state index contributed by atoms with van der Waals surface area (Å²) in [5.74, 6) is -0.496. The maximum absolute atomic E-state index is 11.5. The lowest BCUT2D eigenvalue weighted by molar-refractivity contribution is 0.0706. The van der Waals surface area contributed by atoms with Crippen LogP contribution < -0.4 is 5.48 Å². The summed E-state index contributed by atoms with van der Waals surface area (Å²) in [4.78, 5) is 18.4. The summed E-state index contributed by atoms with van der Waals surface area (Å²) in [6, 6.07) is 11.4. The largest absolute Gasteiger partial charge is 0.327 e. The van der Waals surface area contributed by atoms with E-state index in [4.69, 9.17) is 5.21 Å². The molecule has 0 radical (unpaired) electrons. The van der Waals surface area contributed by atoms with Gasteiger partial charge in [0.2, 0.25) is 0 Å². The second kappa shape index (κ2) is 6.31. The van der Waals surface area contributed by atoms with Gasteiger partial charge in [-0.05, 0) is 48.9 Å². The average molecular weight is 336 g/mol. The highest BCUT2D eigenvalue weighted by Gasteiger charge is 2.22. The minimum absolute atomic E-state index is 0.441. The van der Waals surface area contributed by atoms with E-state index in [2.05, 4.69) is 27.6 Å². The van der Waals surface area contributed by atoms with E-state index in [0.717, 1.165) is 37.3 Å². The normalized spacial score (nSPS) is 14.5. The standard InChI is InChI=1S/C19H20N4O2/c1-22-9-10-23-17(12-22)16(15-3-2-8-20-18(15)23)11-13-4-6-14(7-5-13)19(24)21-25/h2-8,25H,9-12H2,1H3,(H,21,24). The first-order valence-corrected chi connectivity index (χ1v) is 8.34. The zero-order valence-corrected chi connectivity index (χ0v) is 14.1. The molecule has 3 heterocycles. The average Bonchev–Trinajstić information content (AvgIpc) is 2.95. The maximum atomic E-state index is 11.5. The minimum Gasteiger partial charge on any atom is -0.327 e. The molecule has 0 bridgehead atoms. The summed E-state index contributed by atoms with van der Waals surface area (Å²) < 4.78 is 2.33. The van der Waals surface area contributed by atoms with E-state index in [9.17, 15) is 4.79 Å². The zero-order valence-electron chi connectivity index (χ0n) is 14.1. The Morgan fingerprint density at radius 2 is 2.04 bits per heavy atom. The fraction of sp³-hybridized carbons (Fsp3) is 0.263. The van der Waals surface area contributed by atoms with Gasteiger partial charge in [0.25, 0.3) is 5.91 Å². The highest BCUT2D eigenvalue weighted by atomic mass is 16.5. The quantitative estimate of drug-likeness (QED) is 0.568. The Balaban J connectivity index is 1.74. The minimum atomic E-state index is -0.496. The number of nitrogens with zero attached hydrogens (tertiary/aromatic N) is 3. The van der Waals surface area contributed by atoms with Crippen LogP contribution in [0.2, 0.25) is 0 Å². The molecular formula is C19H20N4O2. The Hall–Kier alpha value is -2.70. The summed E-state index contributed by atoms with van der Waals surface area (Å²) in [5.41, 5.74) is 6.90. The van der Waals surface area contributed by atoms with Crippen molar-refractivity contribution in [1.29, 1.82) is 0 Å². The summed E-state index contributed by atoms with van der Waals surface area (Å²) in [6.07, 6.45) is 2.64. The number of amides is 1. The lowest BCUT2D eigenvalue weighted by atomic mass is 10.0. The van der Waals surface area contributed by atoms with Crippen molar-refractivity contribution in [3.63, 3.8) is 0 Å². The molecule has 1 aromatic carbocycles. The third kappa shape index (κ3) is 2.79. The number of likely N-dealkylation sites (N-methyl/N-ethyl adjacent to an activating group) is 1. The molecule has 3 aromatic rings. The van der Waals surface area contributed by atoms with Gasteiger partial charge in [0.1, 0.15) is 5.65 Å². The van der Waals surface area contributed by atoms with Gasteiger partial charge in [-0.15, -0.1) is 0 Å². The van der Waals surface area contributed by atoms with Gasteiger partial charge in [-0.3, -0.25) is 14.9 Å². The van der Waals surface area contributed by atoms with E-state index in [1.807, 2.05) is 24.4 Å². The molecule has 1 amide bonds. The number of hydrogen-bond donors (Lipinski definition) is 2. The van der Waals surface area contributed by atoms with Crippen molar-refractivity contribution in [3.8, 4) is 0 Å². The molecule has 4 rings (SSSR count). The van der Waals surface area contributed by atoms with E-state index >= 15 is 0 Å². The van der Waals surface area contributed by atoms with Crippen LogP contribution in [0.25, 0.3) is 11.0 Å². The second-order valence-electron chi connectivity index (χ2n) is 6.50. The highest BCUT2D eigenvalue weighted by molar-refractivity contribution is 5.93. The topological polar surface area (TPSA) is 70.4 Å². The molecule has 2 N–H and O–H groups in total. The molecule has 0 atom stereocenters. The predicted octanol–water partition coefficient (Wildman–Crippen LogP) is 2.19. The Bertz CT molecular complexity index is 930. The van der Waals surface area contributed by atoms with E-state index < -0.39 is 5.91 Å². The number of aromatic nitrogens is 2. The number of rotatable bonds is 3. The first-order chi connectivity index (χ1) is 12.2. The monoisotopic (exact) mass is 336 g/mol. The van der Waals surface area contributed by atoms with Gasteiger partial charge in [0.15, 0.2) is 0 Å². The summed E-state index contributed by atoms with van der Waals surface area (Å²) in [5, 5.41) is 9.93.